The third-order valence-electron chi connectivity index (χ3n) is 5.35. The normalized spacial score (nSPS) is 12.1. The lowest BCUT2D eigenvalue weighted by atomic mass is 9.99. The maximum atomic E-state index is 13.5. The van der Waals surface area contributed by atoms with E-state index in [2.05, 4.69) is 16.4 Å². The molecule has 0 aliphatic carbocycles. The van der Waals surface area contributed by atoms with Gasteiger partial charge in [0, 0.05) is 16.6 Å². The molecule has 4 rings (SSSR count). The highest BCUT2D eigenvalue weighted by Gasteiger charge is 2.23. The summed E-state index contributed by atoms with van der Waals surface area (Å²) in [5.41, 5.74) is 4.41. The molecule has 158 valence electrons. The molecule has 2 aromatic heterocycles. The maximum absolute atomic E-state index is 13.5. The molecule has 0 spiro atoms. The minimum Gasteiger partial charge on any atom is -0.508 e. The summed E-state index contributed by atoms with van der Waals surface area (Å²) in [7, 11) is 0. The van der Waals surface area contributed by atoms with Crippen molar-refractivity contribution in [3.63, 3.8) is 0 Å². The van der Waals surface area contributed by atoms with Gasteiger partial charge >= 0.3 is 0 Å². The molecular weight excluding hydrogens is 410 g/mol. The Kier molecular flexibility index (Phi) is 5.61. The molecule has 7 heteroatoms. The number of aromatic nitrogens is 2. The van der Waals surface area contributed by atoms with Gasteiger partial charge in [-0.25, -0.2) is 4.98 Å². The van der Waals surface area contributed by atoms with Crippen LogP contribution in [0.4, 0.5) is 5.69 Å². The Labute approximate surface area is 183 Å². The van der Waals surface area contributed by atoms with E-state index in [0.29, 0.717) is 22.3 Å². The van der Waals surface area contributed by atoms with Gasteiger partial charge in [-0.1, -0.05) is 30.7 Å². The molecule has 1 amide bonds. The Bertz CT molecular complexity index is 1320. The van der Waals surface area contributed by atoms with Crippen molar-refractivity contribution in [2.24, 2.45) is 0 Å². The first kappa shape index (κ1) is 20.8. The highest BCUT2D eigenvalue weighted by atomic mass is 32.1. The molecule has 0 fully saturated rings. The monoisotopic (exact) mass is 433 g/mol. The Hall–Kier alpha value is -3.45. The van der Waals surface area contributed by atoms with Crippen LogP contribution in [0, 0.1) is 13.8 Å². The number of carbonyl (C=O) groups excluding carboxylic acids is 1. The highest BCUT2D eigenvalue weighted by molar-refractivity contribution is 7.17. The lowest BCUT2D eigenvalue weighted by Gasteiger charge is -2.18. The standard InChI is InChI=1S/C24H23N3O3S/c1-4-20(22(29)26-16-6-8-17(28)9-7-16)27-13-25-23-21(24(27)30)19(12-31-23)18-10-5-14(2)11-15(18)3/h5-13,20,28H,4H2,1-3H3,(H,26,29). The molecule has 2 N–H and O–H groups in total. The first-order valence-electron chi connectivity index (χ1n) is 10.0. The van der Waals surface area contributed by atoms with E-state index >= 15 is 0 Å². The number of aromatic hydroxyl groups is 1. The number of aryl methyl sites for hydroxylation is 2. The lowest BCUT2D eigenvalue weighted by Crippen LogP contribution is -2.33. The molecule has 4 aromatic rings. The van der Waals surface area contributed by atoms with Crippen LogP contribution in [0.15, 0.2) is 59.0 Å². The van der Waals surface area contributed by atoms with Crippen molar-refractivity contribution in [1.29, 1.82) is 0 Å². The van der Waals surface area contributed by atoms with Crippen LogP contribution in [0.2, 0.25) is 0 Å². The fourth-order valence-corrected chi connectivity index (χ4v) is 4.66. The lowest BCUT2D eigenvalue weighted by molar-refractivity contribution is -0.119. The van der Waals surface area contributed by atoms with Crippen molar-refractivity contribution >= 4 is 33.1 Å². The van der Waals surface area contributed by atoms with Crippen LogP contribution in [-0.2, 0) is 4.79 Å². The molecule has 0 aliphatic heterocycles. The molecule has 2 heterocycles. The van der Waals surface area contributed by atoms with E-state index in [1.165, 1.54) is 34.4 Å². The minimum atomic E-state index is -0.704. The Morgan fingerprint density at radius 2 is 1.90 bits per heavy atom. The van der Waals surface area contributed by atoms with E-state index in [1.807, 2.05) is 38.3 Å². The third kappa shape index (κ3) is 3.96. The zero-order valence-electron chi connectivity index (χ0n) is 17.5. The van der Waals surface area contributed by atoms with E-state index in [9.17, 15) is 14.7 Å². The average molecular weight is 434 g/mol. The summed E-state index contributed by atoms with van der Waals surface area (Å²) in [6.45, 7) is 5.92. The number of anilines is 1. The summed E-state index contributed by atoms with van der Waals surface area (Å²) >= 11 is 1.43. The number of amides is 1. The molecular formula is C24H23N3O3S. The molecule has 31 heavy (non-hydrogen) atoms. The van der Waals surface area contributed by atoms with Gasteiger partial charge in [0.05, 0.1) is 11.7 Å². The SMILES string of the molecule is CCC(C(=O)Nc1ccc(O)cc1)n1cnc2scc(-c3ccc(C)cc3C)c2c1=O. The van der Waals surface area contributed by atoms with Crippen LogP contribution in [0.25, 0.3) is 21.3 Å². The van der Waals surface area contributed by atoms with Crippen molar-refractivity contribution in [3.05, 3.63) is 75.7 Å². The Balaban J connectivity index is 1.76. The Morgan fingerprint density at radius 3 is 2.58 bits per heavy atom. The summed E-state index contributed by atoms with van der Waals surface area (Å²) in [5.74, 6) is -0.188. The number of thiophene rings is 1. The topological polar surface area (TPSA) is 84.2 Å². The maximum Gasteiger partial charge on any atom is 0.263 e. The smallest absolute Gasteiger partial charge is 0.263 e. The van der Waals surface area contributed by atoms with Gasteiger partial charge in [0.1, 0.15) is 16.6 Å². The number of phenolic OH excluding ortho intramolecular Hbond substituents is 1. The number of fused-ring (bicyclic) bond motifs is 1. The number of nitrogens with one attached hydrogen (secondary N) is 1. The molecule has 0 saturated carbocycles. The molecule has 1 unspecified atom stereocenters. The van der Waals surface area contributed by atoms with Gasteiger partial charge in [-0.3, -0.25) is 14.2 Å². The number of rotatable bonds is 5. The van der Waals surface area contributed by atoms with E-state index in [1.54, 1.807) is 12.1 Å². The van der Waals surface area contributed by atoms with Crippen molar-refractivity contribution < 1.29 is 9.90 Å². The first-order chi connectivity index (χ1) is 14.9. The second kappa shape index (κ2) is 8.35. The second-order valence-corrected chi connectivity index (χ2v) is 8.42. The van der Waals surface area contributed by atoms with Gasteiger partial charge < -0.3 is 10.4 Å². The minimum absolute atomic E-state index is 0.118. The van der Waals surface area contributed by atoms with Gasteiger partial charge in [-0.15, -0.1) is 11.3 Å². The van der Waals surface area contributed by atoms with Gasteiger partial charge in [0.25, 0.3) is 5.56 Å². The fraction of sp³-hybridized carbons (Fsp3) is 0.208. The van der Waals surface area contributed by atoms with Crippen LogP contribution < -0.4 is 10.9 Å². The van der Waals surface area contributed by atoms with Gasteiger partial charge in [0.2, 0.25) is 5.91 Å². The number of benzene rings is 2. The molecule has 0 bridgehead atoms. The summed E-state index contributed by atoms with van der Waals surface area (Å²) in [5, 5.41) is 14.7. The van der Waals surface area contributed by atoms with E-state index in [4.69, 9.17) is 0 Å². The molecule has 1 atom stereocenters. The van der Waals surface area contributed by atoms with Gasteiger partial charge in [-0.2, -0.15) is 0 Å². The van der Waals surface area contributed by atoms with Crippen LogP contribution >= 0.6 is 11.3 Å². The molecule has 2 aromatic carbocycles. The fourth-order valence-electron chi connectivity index (χ4n) is 3.76. The summed E-state index contributed by atoms with van der Waals surface area (Å²) in [4.78, 5) is 31.6. The molecule has 0 saturated heterocycles. The van der Waals surface area contributed by atoms with Crippen LogP contribution in [0.3, 0.4) is 0 Å². The van der Waals surface area contributed by atoms with Crippen molar-refractivity contribution in [2.75, 3.05) is 5.32 Å². The van der Waals surface area contributed by atoms with Gasteiger partial charge in [0.15, 0.2) is 0 Å². The number of phenols is 1. The van der Waals surface area contributed by atoms with Gasteiger partial charge in [-0.05, 0) is 55.7 Å². The first-order valence-corrected chi connectivity index (χ1v) is 10.9. The molecule has 0 radical (unpaired) electrons. The van der Waals surface area contributed by atoms with Crippen molar-refractivity contribution in [2.45, 2.75) is 33.2 Å². The van der Waals surface area contributed by atoms with E-state index in [-0.39, 0.29) is 17.2 Å². The zero-order valence-corrected chi connectivity index (χ0v) is 18.4. The number of carbonyl (C=O) groups is 1. The van der Waals surface area contributed by atoms with Crippen molar-refractivity contribution in [1.82, 2.24) is 9.55 Å². The number of hydrogen-bond donors (Lipinski definition) is 2. The third-order valence-corrected chi connectivity index (χ3v) is 6.24. The van der Waals surface area contributed by atoms with E-state index in [0.717, 1.165) is 22.3 Å². The second-order valence-electron chi connectivity index (χ2n) is 7.57. The summed E-state index contributed by atoms with van der Waals surface area (Å²) in [6, 6.07) is 11.7. The van der Waals surface area contributed by atoms with E-state index < -0.39 is 6.04 Å². The Morgan fingerprint density at radius 1 is 1.16 bits per heavy atom. The summed E-state index contributed by atoms with van der Waals surface area (Å²) < 4.78 is 1.41. The number of hydrogen-bond acceptors (Lipinski definition) is 5. The number of nitrogens with zero attached hydrogens (tertiary/aromatic N) is 2. The predicted octanol–water partition coefficient (Wildman–Crippen LogP) is 5.04. The quantitative estimate of drug-likeness (QED) is 0.432. The van der Waals surface area contributed by atoms with Crippen LogP contribution in [-0.4, -0.2) is 20.6 Å². The van der Waals surface area contributed by atoms with Crippen LogP contribution in [0.1, 0.15) is 30.5 Å². The molecule has 0 aliphatic rings. The summed E-state index contributed by atoms with van der Waals surface area (Å²) in [6.07, 6.45) is 1.89. The molecule has 6 nitrogen and oxygen atoms in total. The predicted molar refractivity (Wildman–Crippen MR) is 125 cm³/mol. The average Bonchev–Trinajstić information content (AvgIpc) is 3.16. The van der Waals surface area contributed by atoms with Crippen molar-refractivity contribution in [3.8, 4) is 16.9 Å². The van der Waals surface area contributed by atoms with Crippen LogP contribution in [0.5, 0.6) is 5.75 Å². The largest absolute Gasteiger partial charge is 0.508 e. The highest BCUT2D eigenvalue weighted by Crippen LogP contribution is 2.33. The zero-order chi connectivity index (χ0) is 22.1.